The topological polar surface area (TPSA) is 60.7 Å². The Bertz CT molecular complexity index is 503. The third kappa shape index (κ3) is 1.88. The predicted molar refractivity (Wildman–Crippen MR) is 61.2 cm³/mol. The fraction of sp³-hybridized carbons (Fsp3) is 0.400. The molecule has 2 heterocycles. The lowest BCUT2D eigenvalue weighted by Gasteiger charge is -2.00. The van der Waals surface area contributed by atoms with E-state index < -0.39 is 0 Å². The second-order valence-corrected chi connectivity index (χ2v) is 4.31. The van der Waals surface area contributed by atoms with Gasteiger partial charge in [0.2, 0.25) is 5.13 Å². The number of carbonyl (C=O) groups is 1. The van der Waals surface area contributed by atoms with Crippen molar-refractivity contribution in [3.63, 3.8) is 0 Å². The summed E-state index contributed by atoms with van der Waals surface area (Å²) in [7, 11) is 0. The Morgan fingerprint density at radius 1 is 1.56 bits per heavy atom. The first-order chi connectivity index (χ1) is 7.76. The molecule has 0 aliphatic carbocycles. The fourth-order valence-electron chi connectivity index (χ4n) is 1.47. The van der Waals surface area contributed by atoms with Crippen LogP contribution in [0.1, 0.15) is 35.2 Å². The van der Waals surface area contributed by atoms with E-state index in [1.165, 1.54) is 11.3 Å². The lowest BCUT2D eigenvalue weighted by Crippen LogP contribution is -2.03. The van der Waals surface area contributed by atoms with Crippen molar-refractivity contribution < 1.29 is 4.79 Å². The highest BCUT2D eigenvalue weighted by Crippen LogP contribution is 2.17. The number of rotatable bonds is 4. The smallest absolute Gasteiger partial charge is 0.212 e. The number of carbonyl (C=O) groups excluding carboxylic acids is 1. The minimum atomic E-state index is 0.412. The zero-order chi connectivity index (χ0) is 11.5. The highest BCUT2D eigenvalue weighted by molar-refractivity contribution is 7.12. The molecule has 0 aliphatic heterocycles. The molecule has 2 rings (SSSR count). The summed E-state index contributed by atoms with van der Waals surface area (Å²) in [6, 6.07) is 0. The van der Waals surface area contributed by atoms with E-state index in [-0.39, 0.29) is 0 Å². The molecule has 0 saturated heterocycles. The van der Waals surface area contributed by atoms with Gasteiger partial charge in [-0.1, -0.05) is 18.6 Å². The van der Waals surface area contributed by atoms with Crippen LogP contribution in [0.25, 0.3) is 5.13 Å². The molecule has 0 aliphatic rings. The molecule has 0 atom stereocenters. The monoisotopic (exact) mass is 236 g/mol. The van der Waals surface area contributed by atoms with E-state index in [9.17, 15) is 4.79 Å². The maximum atomic E-state index is 10.8. The molecule has 0 bridgehead atoms. The molecule has 0 amide bonds. The molecule has 0 saturated carbocycles. The Labute approximate surface area is 97.1 Å². The van der Waals surface area contributed by atoms with Crippen molar-refractivity contribution in [1.82, 2.24) is 20.0 Å². The highest BCUT2D eigenvalue weighted by atomic mass is 32.1. The maximum absolute atomic E-state index is 10.8. The summed E-state index contributed by atoms with van der Waals surface area (Å²) < 4.78 is 1.66. The van der Waals surface area contributed by atoms with Crippen LogP contribution >= 0.6 is 11.3 Å². The van der Waals surface area contributed by atoms with Gasteiger partial charge in [0.15, 0.2) is 6.29 Å². The Balaban J connectivity index is 2.47. The van der Waals surface area contributed by atoms with Crippen LogP contribution in [0.15, 0.2) is 5.38 Å². The summed E-state index contributed by atoms with van der Waals surface area (Å²) in [5.74, 6) is 0. The van der Waals surface area contributed by atoms with Crippen LogP contribution in [0.3, 0.4) is 0 Å². The zero-order valence-electron chi connectivity index (χ0n) is 9.17. The summed E-state index contributed by atoms with van der Waals surface area (Å²) in [6.07, 6.45) is 2.47. The quantitative estimate of drug-likeness (QED) is 0.759. The lowest BCUT2D eigenvalue weighted by molar-refractivity contribution is 0.111. The van der Waals surface area contributed by atoms with Crippen LogP contribution in [0.4, 0.5) is 0 Å². The molecule has 16 heavy (non-hydrogen) atoms. The molecule has 2 aromatic heterocycles. The number of thiazole rings is 1. The van der Waals surface area contributed by atoms with E-state index in [4.69, 9.17) is 0 Å². The van der Waals surface area contributed by atoms with E-state index in [0.717, 1.165) is 35.6 Å². The van der Waals surface area contributed by atoms with Crippen molar-refractivity contribution >= 4 is 17.6 Å². The molecule has 2 aromatic rings. The van der Waals surface area contributed by atoms with Crippen LogP contribution in [0.5, 0.6) is 0 Å². The molecule has 0 spiro atoms. The number of aldehydes is 1. The van der Waals surface area contributed by atoms with Gasteiger partial charge in [-0.15, -0.1) is 16.4 Å². The van der Waals surface area contributed by atoms with Gasteiger partial charge >= 0.3 is 0 Å². The Hall–Kier alpha value is -1.56. The van der Waals surface area contributed by atoms with E-state index in [2.05, 4.69) is 22.2 Å². The molecule has 5 nitrogen and oxygen atoms in total. The molecule has 0 radical (unpaired) electrons. The number of nitrogens with zero attached hydrogens (tertiary/aromatic N) is 4. The molecular weight excluding hydrogens is 224 g/mol. The van der Waals surface area contributed by atoms with E-state index >= 15 is 0 Å². The Kier molecular flexibility index (Phi) is 3.09. The average molecular weight is 236 g/mol. The number of hydrogen-bond donors (Lipinski definition) is 0. The zero-order valence-corrected chi connectivity index (χ0v) is 9.99. The third-order valence-corrected chi connectivity index (χ3v) is 3.11. The molecule has 0 unspecified atom stereocenters. The summed E-state index contributed by atoms with van der Waals surface area (Å²) in [6.45, 7) is 3.98. The fourth-order valence-corrected chi connectivity index (χ4v) is 2.24. The van der Waals surface area contributed by atoms with Gasteiger partial charge in [-0.3, -0.25) is 4.79 Å². The first kappa shape index (κ1) is 10.9. The lowest BCUT2D eigenvalue weighted by atomic mass is 10.2. The molecule has 0 N–H and O–H groups in total. The first-order valence-electron chi connectivity index (χ1n) is 5.08. The van der Waals surface area contributed by atoms with Crippen LogP contribution in [0.2, 0.25) is 0 Å². The van der Waals surface area contributed by atoms with Crippen molar-refractivity contribution in [2.45, 2.75) is 26.7 Å². The van der Waals surface area contributed by atoms with Crippen molar-refractivity contribution in [3.8, 4) is 5.13 Å². The molecule has 6 heteroatoms. The third-order valence-electron chi connectivity index (χ3n) is 2.18. The van der Waals surface area contributed by atoms with E-state index in [1.54, 1.807) is 4.68 Å². The predicted octanol–water partition coefficient (Wildman–Crippen LogP) is 1.80. The standard InChI is InChI=1S/C10H12N4OS/c1-3-4-9-8(5-15)12-13-14(9)10-11-7(2)6-16-10/h5-6H,3-4H2,1-2H3. The van der Waals surface area contributed by atoms with Gasteiger partial charge < -0.3 is 0 Å². The van der Waals surface area contributed by atoms with Gasteiger partial charge in [-0.05, 0) is 13.3 Å². The van der Waals surface area contributed by atoms with Crippen molar-refractivity contribution in [2.75, 3.05) is 0 Å². The van der Waals surface area contributed by atoms with Crippen LogP contribution in [-0.2, 0) is 6.42 Å². The molecule has 84 valence electrons. The van der Waals surface area contributed by atoms with E-state index in [0.29, 0.717) is 5.69 Å². The SMILES string of the molecule is CCCc1c(C=O)nnn1-c1nc(C)cs1. The summed E-state index contributed by atoms with van der Waals surface area (Å²) in [4.78, 5) is 15.2. The van der Waals surface area contributed by atoms with E-state index in [1.807, 2.05) is 12.3 Å². The van der Waals surface area contributed by atoms with Gasteiger partial charge in [0.1, 0.15) is 5.69 Å². The highest BCUT2D eigenvalue weighted by Gasteiger charge is 2.14. The summed E-state index contributed by atoms with van der Waals surface area (Å²) >= 11 is 1.50. The van der Waals surface area contributed by atoms with Crippen molar-refractivity contribution in [2.24, 2.45) is 0 Å². The van der Waals surface area contributed by atoms with Gasteiger partial charge in [-0.25, -0.2) is 4.98 Å². The largest absolute Gasteiger partial charge is 0.296 e. The minimum Gasteiger partial charge on any atom is -0.296 e. The number of aryl methyl sites for hydroxylation is 1. The normalized spacial score (nSPS) is 10.6. The number of hydrogen-bond acceptors (Lipinski definition) is 5. The Morgan fingerprint density at radius 2 is 2.38 bits per heavy atom. The molecular formula is C10H12N4OS. The maximum Gasteiger partial charge on any atom is 0.212 e. The second kappa shape index (κ2) is 4.52. The van der Waals surface area contributed by atoms with Gasteiger partial charge in [0, 0.05) is 5.38 Å². The van der Waals surface area contributed by atoms with Crippen molar-refractivity contribution in [1.29, 1.82) is 0 Å². The molecule has 0 aromatic carbocycles. The average Bonchev–Trinajstić information content (AvgIpc) is 2.85. The van der Waals surface area contributed by atoms with Crippen molar-refractivity contribution in [3.05, 3.63) is 22.5 Å². The summed E-state index contributed by atoms with van der Waals surface area (Å²) in [5.41, 5.74) is 2.20. The number of aromatic nitrogens is 4. The summed E-state index contributed by atoms with van der Waals surface area (Å²) in [5, 5.41) is 10.5. The Morgan fingerprint density at radius 3 is 2.94 bits per heavy atom. The van der Waals surface area contributed by atoms with Gasteiger partial charge in [0.25, 0.3) is 0 Å². The van der Waals surface area contributed by atoms with Gasteiger partial charge in [0.05, 0.1) is 11.4 Å². The first-order valence-corrected chi connectivity index (χ1v) is 5.96. The van der Waals surface area contributed by atoms with Crippen LogP contribution in [-0.4, -0.2) is 26.3 Å². The van der Waals surface area contributed by atoms with Crippen LogP contribution < -0.4 is 0 Å². The molecule has 0 fully saturated rings. The second-order valence-electron chi connectivity index (χ2n) is 3.47. The minimum absolute atomic E-state index is 0.412. The van der Waals surface area contributed by atoms with Crippen LogP contribution in [0, 0.1) is 6.92 Å². The van der Waals surface area contributed by atoms with Gasteiger partial charge in [-0.2, -0.15) is 4.68 Å².